The molecular weight excluding hydrogens is 370 g/mol. The van der Waals surface area contributed by atoms with Gasteiger partial charge in [-0.25, -0.2) is 0 Å². The monoisotopic (exact) mass is 409 g/mol. The predicted molar refractivity (Wildman–Crippen MR) is 127 cm³/mol. The van der Waals surface area contributed by atoms with Gasteiger partial charge in [0.15, 0.2) is 0 Å². The minimum absolute atomic E-state index is 0.427. The lowest BCUT2D eigenvalue weighted by Gasteiger charge is -2.07. The van der Waals surface area contributed by atoms with Crippen molar-refractivity contribution < 1.29 is 9.59 Å². The number of unbranched alkanes of at least 4 members (excludes halogenated alkanes) is 7. The molecule has 0 saturated carbocycles. The Hall–Kier alpha value is -2.26. The molecule has 0 aromatic heterocycles. The van der Waals surface area contributed by atoms with E-state index in [2.05, 4.69) is 26.1 Å². The molecule has 0 heterocycles. The van der Waals surface area contributed by atoms with Crippen LogP contribution in [0.5, 0.6) is 0 Å². The van der Waals surface area contributed by atoms with Gasteiger partial charge in [0.1, 0.15) is 0 Å². The van der Waals surface area contributed by atoms with Gasteiger partial charge in [0.05, 0.1) is 0 Å². The van der Waals surface area contributed by atoms with E-state index in [4.69, 9.17) is 0 Å². The molecule has 3 nitrogen and oxygen atoms in total. The van der Waals surface area contributed by atoms with Crippen LogP contribution < -0.4 is 5.32 Å². The second kappa shape index (κ2) is 16.5. The standard InChI is InChI=1S/C14H10O2.C13H29N/c15-13(11-7-3-1-4-8-11)14(16)12-9-5-2-6-10-12;1-4-5-6-7-8-9-10-11-12-14-13(2)3/h1-10H;13-14H,4-12H2,1-3H3. The third kappa shape index (κ3) is 11.7. The maximum Gasteiger partial charge on any atom is 0.233 e. The van der Waals surface area contributed by atoms with E-state index in [1.807, 2.05) is 12.1 Å². The molecule has 0 radical (unpaired) electrons. The molecule has 2 aromatic carbocycles. The van der Waals surface area contributed by atoms with Crippen molar-refractivity contribution in [2.24, 2.45) is 0 Å². The summed E-state index contributed by atoms with van der Waals surface area (Å²) in [4.78, 5) is 23.6. The molecule has 2 rings (SSSR count). The molecule has 0 saturated heterocycles. The second-order valence-electron chi connectivity index (χ2n) is 7.97. The van der Waals surface area contributed by atoms with Crippen molar-refractivity contribution in [3.8, 4) is 0 Å². The minimum atomic E-state index is -0.466. The molecule has 0 aliphatic rings. The predicted octanol–water partition coefficient (Wildman–Crippen LogP) is 6.88. The van der Waals surface area contributed by atoms with Crippen molar-refractivity contribution in [3.63, 3.8) is 0 Å². The summed E-state index contributed by atoms with van der Waals surface area (Å²) < 4.78 is 0. The van der Waals surface area contributed by atoms with Crippen LogP contribution >= 0.6 is 0 Å². The SMILES string of the molecule is CCCCCCCCCCNC(C)C.O=C(C(=O)c1ccccc1)c1ccccc1. The van der Waals surface area contributed by atoms with Crippen LogP contribution in [0.25, 0.3) is 0 Å². The van der Waals surface area contributed by atoms with Crippen LogP contribution in [0, 0.1) is 0 Å². The van der Waals surface area contributed by atoms with Crippen molar-refractivity contribution in [1.82, 2.24) is 5.32 Å². The molecule has 164 valence electrons. The maximum atomic E-state index is 11.8. The van der Waals surface area contributed by atoms with Gasteiger partial charge in [0, 0.05) is 17.2 Å². The Labute approximate surface area is 183 Å². The van der Waals surface area contributed by atoms with Crippen molar-refractivity contribution in [1.29, 1.82) is 0 Å². The van der Waals surface area contributed by atoms with Crippen LogP contribution in [0.15, 0.2) is 60.7 Å². The van der Waals surface area contributed by atoms with Gasteiger partial charge in [0.25, 0.3) is 0 Å². The zero-order chi connectivity index (χ0) is 22.0. The van der Waals surface area contributed by atoms with E-state index >= 15 is 0 Å². The summed E-state index contributed by atoms with van der Waals surface area (Å²) in [7, 11) is 0. The number of nitrogens with one attached hydrogen (secondary N) is 1. The number of carbonyl (C=O) groups is 2. The zero-order valence-corrected chi connectivity index (χ0v) is 19.0. The molecule has 0 spiro atoms. The molecule has 30 heavy (non-hydrogen) atoms. The van der Waals surface area contributed by atoms with Crippen LogP contribution in [0.3, 0.4) is 0 Å². The van der Waals surface area contributed by atoms with Gasteiger partial charge in [-0.15, -0.1) is 0 Å². The molecule has 0 aliphatic carbocycles. The van der Waals surface area contributed by atoms with Crippen molar-refractivity contribution in [2.75, 3.05) is 6.54 Å². The van der Waals surface area contributed by atoms with Crippen LogP contribution in [-0.2, 0) is 0 Å². The normalized spacial score (nSPS) is 10.4. The highest BCUT2D eigenvalue weighted by atomic mass is 16.2. The fourth-order valence-corrected chi connectivity index (χ4v) is 3.09. The van der Waals surface area contributed by atoms with E-state index in [0.717, 1.165) is 0 Å². The highest BCUT2D eigenvalue weighted by Gasteiger charge is 2.17. The van der Waals surface area contributed by atoms with Gasteiger partial charge in [-0.3, -0.25) is 9.59 Å². The summed E-state index contributed by atoms with van der Waals surface area (Å²) in [6.45, 7) is 7.90. The molecule has 1 N–H and O–H groups in total. The number of Topliss-reactive ketones (excluding diaryl/α,β-unsaturated/α-hetero) is 2. The molecule has 0 unspecified atom stereocenters. The Balaban J connectivity index is 0.000000304. The molecule has 0 aliphatic heterocycles. The number of rotatable bonds is 13. The Morgan fingerprint density at radius 3 is 1.47 bits per heavy atom. The molecule has 3 heteroatoms. The minimum Gasteiger partial charge on any atom is -0.315 e. The van der Waals surface area contributed by atoms with Gasteiger partial charge in [0.2, 0.25) is 11.6 Å². The summed E-state index contributed by atoms with van der Waals surface area (Å²) in [5.41, 5.74) is 0.854. The average Bonchev–Trinajstić information content (AvgIpc) is 2.78. The van der Waals surface area contributed by atoms with E-state index in [-0.39, 0.29) is 0 Å². The lowest BCUT2D eigenvalue weighted by Crippen LogP contribution is -2.23. The summed E-state index contributed by atoms with van der Waals surface area (Å²) in [5.74, 6) is -0.932. The maximum absolute atomic E-state index is 11.8. The summed E-state index contributed by atoms with van der Waals surface area (Å²) in [6, 6.07) is 17.8. The highest BCUT2D eigenvalue weighted by molar-refractivity contribution is 6.49. The van der Waals surface area contributed by atoms with E-state index in [9.17, 15) is 9.59 Å². The summed E-state index contributed by atoms with van der Waals surface area (Å²) in [5, 5.41) is 3.46. The lowest BCUT2D eigenvalue weighted by atomic mass is 10.0. The second-order valence-corrected chi connectivity index (χ2v) is 7.97. The fraction of sp³-hybridized carbons (Fsp3) is 0.481. The van der Waals surface area contributed by atoms with Gasteiger partial charge in [-0.2, -0.15) is 0 Å². The first-order chi connectivity index (χ1) is 14.6. The fourth-order valence-electron chi connectivity index (χ4n) is 3.09. The molecule has 2 aromatic rings. The number of carbonyl (C=O) groups excluding carboxylic acids is 2. The van der Waals surface area contributed by atoms with Crippen LogP contribution in [-0.4, -0.2) is 24.2 Å². The van der Waals surface area contributed by atoms with E-state index in [0.29, 0.717) is 17.2 Å². The van der Waals surface area contributed by atoms with Crippen LogP contribution in [0.1, 0.15) is 92.9 Å². The van der Waals surface area contributed by atoms with Crippen molar-refractivity contribution >= 4 is 11.6 Å². The lowest BCUT2D eigenvalue weighted by molar-refractivity contribution is 0.0817. The topological polar surface area (TPSA) is 46.2 Å². The summed E-state index contributed by atoms with van der Waals surface area (Å²) >= 11 is 0. The van der Waals surface area contributed by atoms with E-state index in [1.54, 1.807) is 48.5 Å². The molecule has 0 fully saturated rings. The van der Waals surface area contributed by atoms with Crippen LogP contribution in [0.4, 0.5) is 0 Å². The number of hydrogen-bond acceptors (Lipinski definition) is 3. The van der Waals surface area contributed by atoms with E-state index in [1.165, 1.54) is 57.9 Å². The number of hydrogen-bond donors (Lipinski definition) is 1. The van der Waals surface area contributed by atoms with Gasteiger partial charge in [-0.05, 0) is 13.0 Å². The quantitative estimate of drug-likeness (QED) is 0.223. The van der Waals surface area contributed by atoms with Gasteiger partial charge < -0.3 is 5.32 Å². The number of ketones is 2. The first kappa shape index (κ1) is 25.8. The van der Waals surface area contributed by atoms with Crippen LogP contribution in [0.2, 0.25) is 0 Å². The first-order valence-corrected chi connectivity index (χ1v) is 11.5. The average molecular weight is 410 g/mol. The smallest absolute Gasteiger partial charge is 0.233 e. The van der Waals surface area contributed by atoms with Crippen molar-refractivity contribution in [2.45, 2.75) is 78.2 Å². The molecule has 0 amide bonds. The third-order valence-electron chi connectivity index (χ3n) is 4.86. The molecule has 0 bridgehead atoms. The molecular formula is C27H39NO2. The highest BCUT2D eigenvalue weighted by Crippen LogP contribution is 2.08. The first-order valence-electron chi connectivity index (χ1n) is 11.5. The largest absolute Gasteiger partial charge is 0.315 e. The van der Waals surface area contributed by atoms with Gasteiger partial charge in [-0.1, -0.05) is 126 Å². The zero-order valence-electron chi connectivity index (χ0n) is 19.0. The Morgan fingerprint density at radius 1 is 0.667 bits per heavy atom. The summed E-state index contributed by atoms with van der Waals surface area (Å²) in [6.07, 6.45) is 11.3. The Morgan fingerprint density at radius 2 is 1.07 bits per heavy atom. The molecule has 0 atom stereocenters. The van der Waals surface area contributed by atoms with Gasteiger partial charge >= 0.3 is 0 Å². The Bertz CT molecular complexity index is 646. The van der Waals surface area contributed by atoms with Crippen molar-refractivity contribution in [3.05, 3.63) is 71.8 Å². The third-order valence-corrected chi connectivity index (χ3v) is 4.86. The number of benzene rings is 2. The Kier molecular flexibility index (Phi) is 14.2. The van der Waals surface area contributed by atoms with E-state index < -0.39 is 11.6 Å².